The van der Waals surface area contributed by atoms with Gasteiger partial charge in [0.15, 0.2) is 0 Å². The van der Waals surface area contributed by atoms with Crippen LogP contribution in [-0.2, 0) is 16.1 Å². The summed E-state index contributed by atoms with van der Waals surface area (Å²) in [5, 5.41) is 11.6. The zero-order valence-corrected chi connectivity index (χ0v) is 10.0. The molecule has 0 spiro atoms. The number of nitrogens with two attached hydrogens (primary N) is 1. The molecule has 4 N–H and O–H groups in total. The normalized spacial score (nSPS) is 20.8. The minimum Gasteiger partial charge on any atom is -0.506 e. The molecule has 2 amide bonds. The first kappa shape index (κ1) is 12.4. The SMILES string of the molecule is CC1C(=O)NC(=O)CN1Cc1ccc(O)c(N)c1. The van der Waals surface area contributed by atoms with Crippen molar-refractivity contribution in [2.75, 3.05) is 12.3 Å². The van der Waals surface area contributed by atoms with Gasteiger partial charge in [-0.15, -0.1) is 0 Å². The quantitative estimate of drug-likeness (QED) is 0.384. The number of hydrogen-bond donors (Lipinski definition) is 3. The van der Waals surface area contributed by atoms with Crippen molar-refractivity contribution >= 4 is 17.5 Å². The van der Waals surface area contributed by atoms with Crippen LogP contribution in [0.2, 0.25) is 0 Å². The molecule has 1 aromatic rings. The summed E-state index contributed by atoms with van der Waals surface area (Å²) >= 11 is 0. The molecule has 18 heavy (non-hydrogen) atoms. The van der Waals surface area contributed by atoms with E-state index in [1.165, 1.54) is 6.07 Å². The molecular formula is C12H15N3O3. The lowest BCUT2D eigenvalue weighted by Gasteiger charge is -2.31. The van der Waals surface area contributed by atoms with Gasteiger partial charge in [-0.05, 0) is 24.6 Å². The van der Waals surface area contributed by atoms with Crippen molar-refractivity contribution in [1.29, 1.82) is 0 Å². The summed E-state index contributed by atoms with van der Waals surface area (Å²) in [6.45, 7) is 2.35. The molecule has 0 aromatic heterocycles. The largest absolute Gasteiger partial charge is 0.506 e. The molecule has 0 radical (unpaired) electrons. The van der Waals surface area contributed by atoms with E-state index in [9.17, 15) is 14.7 Å². The van der Waals surface area contributed by atoms with Crippen LogP contribution < -0.4 is 11.1 Å². The number of rotatable bonds is 2. The second kappa shape index (κ2) is 4.66. The zero-order chi connectivity index (χ0) is 13.3. The first-order valence-electron chi connectivity index (χ1n) is 5.62. The summed E-state index contributed by atoms with van der Waals surface area (Å²) in [4.78, 5) is 24.5. The number of nitrogens with zero attached hydrogens (tertiary/aromatic N) is 1. The monoisotopic (exact) mass is 249 g/mol. The first-order valence-corrected chi connectivity index (χ1v) is 5.62. The summed E-state index contributed by atoms with van der Waals surface area (Å²) in [6, 6.07) is 4.49. The van der Waals surface area contributed by atoms with E-state index in [2.05, 4.69) is 5.32 Å². The predicted octanol–water partition coefficient (Wildman–Crippen LogP) is -0.179. The van der Waals surface area contributed by atoms with Gasteiger partial charge < -0.3 is 10.8 Å². The second-order valence-corrected chi connectivity index (χ2v) is 4.39. The molecule has 2 rings (SSSR count). The van der Waals surface area contributed by atoms with Crippen LogP contribution in [0.25, 0.3) is 0 Å². The maximum atomic E-state index is 11.5. The van der Waals surface area contributed by atoms with E-state index < -0.39 is 0 Å². The standard InChI is InChI=1S/C12H15N3O3/c1-7-12(18)14-11(17)6-15(7)5-8-2-3-10(16)9(13)4-8/h2-4,7,16H,5-6,13H2,1H3,(H,14,17,18). The van der Waals surface area contributed by atoms with Crippen molar-refractivity contribution in [1.82, 2.24) is 10.2 Å². The third-order valence-electron chi connectivity index (χ3n) is 3.01. The molecule has 1 heterocycles. The van der Waals surface area contributed by atoms with Gasteiger partial charge in [0.25, 0.3) is 0 Å². The Labute approximate surface area is 104 Å². The number of nitrogens with one attached hydrogen (secondary N) is 1. The van der Waals surface area contributed by atoms with Crippen LogP contribution in [0.5, 0.6) is 5.75 Å². The molecule has 96 valence electrons. The summed E-state index contributed by atoms with van der Waals surface area (Å²) in [5.74, 6) is -0.567. The van der Waals surface area contributed by atoms with E-state index in [1.54, 1.807) is 24.0 Å². The molecular weight excluding hydrogens is 234 g/mol. The van der Waals surface area contributed by atoms with Crippen LogP contribution in [-0.4, -0.2) is 34.4 Å². The number of hydrogen-bond acceptors (Lipinski definition) is 5. The van der Waals surface area contributed by atoms with Crippen molar-refractivity contribution < 1.29 is 14.7 Å². The van der Waals surface area contributed by atoms with Crippen molar-refractivity contribution in [2.24, 2.45) is 0 Å². The molecule has 1 fully saturated rings. The van der Waals surface area contributed by atoms with Crippen LogP contribution in [0.1, 0.15) is 12.5 Å². The number of benzene rings is 1. The van der Waals surface area contributed by atoms with Gasteiger partial charge in [-0.1, -0.05) is 6.07 Å². The fourth-order valence-electron chi connectivity index (χ4n) is 1.90. The molecule has 1 aromatic carbocycles. The highest BCUT2D eigenvalue weighted by Gasteiger charge is 2.29. The van der Waals surface area contributed by atoms with Gasteiger partial charge in [0.05, 0.1) is 18.3 Å². The lowest BCUT2D eigenvalue weighted by Crippen LogP contribution is -2.56. The highest BCUT2D eigenvalue weighted by molar-refractivity contribution is 6.00. The molecule has 6 heteroatoms. The lowest BCUT2D eigenvalue weighted by atomic mass is 10.1. The van der Waals surface area contributed by atoms with Gasteiger partial charge in [-0.25, -0.2) is 0 Å². The Morgan fingerprint density at radius 3 is 2.89 bits per heavy atom. The third kappa shape index (κ3) is 2.43. The predicted molar refractivity (Wildman–Crippen MR) is 65.5 cm³/mol. The fraction of sp³-hybridized carbons (Fsp3) is 0.333. The lowest BCUT2D eigenvalue weighted by molar-refractivity contribution is -0.139. The van der Waals surface area contributed by atoms with Crippen molar-refractivity contribution in [2.45, 2.75) is 19.5 Å². The Balaban J connectivity index is 2.14. The average Bonchev–Trinajstić information content (AvgIpc) is 2.30. The van der Waals surface area contributed by atoms with E-state index in [0.29, 0.717) is 6.54 Å². The smallest absolute Gasteiger partial charge is 0.243 e. The molecule has 1 atom stereocenters. The third-order valence-corrected chi connectivity index (χ3v) is 3.01. The van der Waals surface area contributed by atoms with Crippen molar-refractivity contribution in [3.8, 4) is 5.75 Å². The van der Waals surface area contributed by atoms with Crippen LogP contribution in [0.4, 0.5) is 5.69 Å². The van der Waals surface area contributed by atoms with E-state index in [-0.39, 0.29) is 35.8 Å². The van der Waals surface area contributed by atoms with E-state index >= 15 is 0 Å². The second-order valence-electron chi connectivity index (χ2n) is 4.39. The highest BCUT2D eigenvalue weighted by atomic mass is 16.3. The highest BCUT2D eigenvalue weighted by Crippen LogP contribution is 2.22. The van der Waals surface area contributed by atoms with Gasteiger partial charge in [0.2, 0.25) is 11.8 Å². The number of phenols is 1. The Morgan fingerprint density at radius 1 is 1.50 bits per heavy atom. The summed E-state index contributed by atoms with van der Waals surface area (Å²) in [6.07, 6.45) is 0. The van der Waals surface area contributed by atoms with Crippen LogP contribution in [0.3, 0.4) is 0 Å². The van der Waals surface area contributed by atoms with Crippen LogP contribution >= 0.6 is 0 Å². The first-order chi connectivity index (χ1) is 8.47. The number of phenolic OH excluding ortho intramolecular Hbond substituents is 1. The molecule has 0 aliphatic carbocycles. The summed E-state index contributed by atoms with van der Waals surface area (Å²) in [5.41, 5.74) is 6.73. The number of amides is 2. The molecule has 0 bridgehead atoms. The summed E-state index contributed by atoms with van der Waals surface area (Å²) < 4.78 is 0. The van der Waals surface area contributed by atoms with Gasteiger partial charge in [-0.3, -0.25) is 19.8 Å². The Bertz CT molecular complexity index is 501. The van der Waals surface area contributed by atoms with Crippen molar-refractivity contribution in [3.05, 3.63) is 23.8 Å². The number of nitrogen functional groups attached to an aromatic ring is 1. The number of anilines is 1. The minimum atomic E-state index is -0.363. The topological polar surface area (TPSA) is 95.7 Å². The Hall–Kier alpha value is -2.08. The number of carbonyl (C=O) groups excluding carboxylic acids is 2. The number of piperazine rings is 1. The number of carbonyl (C=O) groups is 2. The fourth-order valence-corrected chi connectivity index (χ4v) is 1.90. The molecule has 1 aliphatic rings. The molecule has 1 unspecified atom stereocenters. The maximum absolute atomic E-state index is 11.5. The van der Waals surface area contributed by atoms with E-state index in [1.807, 2.05) is 0 Å². The van der Waals surface area contributed by atoms with E-state index in [4.69, 9.17) is 5.73 Å². The van der Waals surface area contributed by atoms with Gasteiger partial charge in [0.1, 0.15) is 5.75 Å². The number of aromatic hydroxyl groups is 1. The van der Waals surface area contributed by atoms with Gasteiger partial charge in [-0.2, -0.15) is 0 Å². The van der Waals surface area contributed by atoms with Gasteiger partial charge >= 0.3 is 0 Å². The summed E-state index contributed by atoms with van der Waals surface area (Å²) in [7, 11) is 0. The zero-order valence-electron chi connectivity index (χ0n) is 10.0. The van der Waals surface area contributed by atoms with Crippen molar-refractivity contribution in [3.63, 3.8) is 0 Å². The molecule has 6 nitrogen and oxygen atoms in total. The molecule has 1 saturated heterocycles. The Kier molecular flexibility index (Phi) is 3.20. The number of imide groups is 1. The van der Waals surface area contributed by atoms with Crippen LogP contribution in [0.15, 0.2) is 18.2 Å². The maximum Gasteiger partial charge on any atom is 0.243 e. The van der Waals surface area contributed by atoms with E-state index in [0.717, 1.165) is 5.56 Å². The van der Waals surface area contributed by atoms with Crippen LogP contribution in [0, 0.1) is 0 Å². The van der Waals surface area contributed by atoms with Gasteiger partial charge in [0, 0.05) is 6.54 Å². The molecule has 1 aliphatic heterocycles. The minimum absolute atomic E-state index is 0.0271. The average molecular weight is 249 g/mol. The molecule has 0 saturated carbocycles. The Morgan fingerprint density at radius 2 is 2.22 bits per heavy atom.